The number of carbonyl (C=O) groups is 1. The number of halogens is 1. The molecule has 1 fully saturated rings. The molecular weight excluding hydrogens is 410 g/mol. The Morgan fingerprint density at radius 3 is 2.10 bits per heavy atom. The van der Waals surface area contributed by atoms with Crippen molar-refractivity contribution in [3.8, 4) is 0 Å². The van der Waals surface area contributed by atoms with Crippen LogP contribution in [0, 0.1) is 12.8 Å². The zero-order chi connectivity index (χ0) is 20.6. The molecule has 8 heteroatoms. The summed E-state index contributed by atoms with van der Waals surface area (Å²) in [6.07, 6.45) is 3.93. The summed E-state index contributed by atoms with van der Waals surface area (Å²) < 4.78 is 27.1. The maximum absolute atomic E-state index is 12.8. The second-order valence-electron chi connectivity index (χ2n) is 7.62. The van der Waals surface area contributed by atoms with E-state index in [2.05, 4.69) is 24.1 Å². The quantitative estimate of drug-likeness (QED) is 0.600. The molecule has 1 aliphatic rings. The smallest absolute Gasteiger partial charge is 0.243 e. The second-order valence-corrected chi connectivity index (χ2v) is 9.56. The number of sulfonamides is 1. The Kier molecular flexibility index (Phi) is 11.2. The molecule has 0 bridgehead atoms. The fourth-order valence-electron chi connectivity index (χ4n) is 3.64. The Morgan fingerprint density at radius 2 is 1.59 bits per heavy atom. The van der Waals surface area contributed by atoms with Crippen LogP contribution in [0.5, 0.6) is 0 Å². The molecule has 1 aromatic rings. The summed E-state index contributed by atoms with van der Waals surface area (Å²) in [5.74, 6) is 0.274. The standard InChI is InChI=1S/C21H35N3O3S.ClH/c1-4-6-19(7-5-2)21(25)22-12-13-23-14-16-24(17-15-23)28(26,27)20-10-8-18(3)9-11-20;/h8-11,19H,4-7,12-17H2,1-3H3,(H,22,25);1H. The van der Waals surface area contributed by atoms with Gasteiger partial charge in [0.1, 0.15) is 0 Å². The number of hydrogen-bond donors (Lipinski definition) is 1. The molecule has 1 saturated heterocycles. The van der Waals surface area contributed by atoms with E-state index in [1.165, 1.54) is 0 Å². The lowest BCUT2D eigenvalue weighted by atomic mass is 9.97. The normalized spacial score (nSPS) is 15.9. The highest BCUT2D eigenvalue weighted by Gasteiger charge is 2.28. The van der Waals surface area contributed by atoms with E-state index in [1.807, 2.05) is 19.1 Å². The van der Waals surface area contributed by atoms with Crippen molar-refractivity contribution in [3.05, 3.63) is 29.8 Å². The van der Waals surface area contributed by atoms with E-state index in [0.717, 1.165) is 37.8 Å². The highest BCUT2D eigenvalue weighted by atomic mass is 35.5. The number of amides is 1. The van der Waals surface area contributed by atoms with Gasteiger partial charge in [0.25, 0.3) is 0 Å². The molecule has 1 N–H and O–H groups in total. The summed E-state index contributed by atoms with van der Waals surface area (Å²) in [4.78, 5) is 14.9. The van der Waals surface area contributed by atoms with Crippen LogP contribution in [-0.2, 0) is 14.8 Å². The van der Waals surface area contributed by atoms with Crippen LogP contribution in [0.25, 0.3) is 0 Å². The van der Waals surface area contributed by atoms with Gasteiger partial charge in [0.05, 0.1) is 4.90 Å². The Labute approximate surface area is 182 Å². The summed E-state index contributed by atoms with van der Waals surface area (Å²) in [5, 5.41) is 3.06. The van der Waals surface area contributed by atoms with Gasteiger partial charge in [-0.25, -0.2) is 8.42 Å². The van der Waals surface area contributed by atoms with Gasteiger partial charge in [0.2, 0.25) is 15.9 Å². The molecular formula is C21H36ClN3O3S. The van der Waals surface area contributed by atoms with Crippen molar-refractivity contribution < 1.29 is 13.2 Å². The molecule has 166 valence electrons. The Bertz CT molecular complexity index is 711. The Balaban J connectivity index is 0.00000420. The zero-order valence-electron chi connectivity index (χ0n) is 17.9. The van der Waals surface area contributed by atoms with Gasteiger partial charge in [-0.05, 0) is 31.9 Å². The van der Waals surface area contributed by atoms with Crippen LogP contribution < -0.4 is 5.32 Å². The molecule has 0 radical (unpaired) electrons. The van der Waals surface area contributed by atoms with Crippen LogP contribution in [0.1, 0.15) is 45.1 Å². The van der Waals surface area contributed by atoms with Crippen molar-refractivity contribution in [1.82, 2.24) is 14.5 Å². The van der Waals surface area contributed by atoms with Crippen LogP contribution in [0.15, 0.2) is 29.2 Å². The van der Waals surface area contributed by atoms with Gasteiger partial charge in [-0.1, -0.05) is 44.4 Å². The first kappa shape index (κ1) is 25.9. The molecule has 2 rings (SSSR count). The minimum atomic E-state index is -3.42. The predicted molar refractivity (Wildman–Crippen MR) is 120 cm³/mol. The lowest BCUT2D eigenvalue weighted by molar-refractivity contribution is -0.125. The minimum absolute atomic E-state index is 0. The fourth-order valence-corrected chi connectivity index (χ4v) is 5.06. The van der Waals surface area contributed by atoms with Crippen molar-refractivity contribution in [2.75, 3.05) is 39.3 Å². The molecule has 6 nitrogen and oxygen atoms in total. The minimum Gasteiger partial charge on any atom is -0.355 e. The molecule has 0 saturated carbocycles. The van der Waals surface area contributed by atoms with Crippen LogP contribution in [0.3, 0.4) is 0 Å². The SMILES string of the molecule is CCCC(CCC)C(=O)NCCN1CCN(S(=O)(=O)c2ccc(C)cc2)CC1.Cl. The van der Waals surface area contributed by atoms with E-state index >= 15 is 0 Å². The van der Waals surface area contributed by atoms with Gasteiger partial charge in [-0.3, -0.25) is 9.69 Å². The Hall–Kier alpha value is -1.15. The monoisotopic (exact) mass is 445 g/mol. The van der Waals surface area contributed by atoms with Gasteiger partial charge in [-0.15, -0.1) is 12.4 Å². The third-order valence-electron chi connectivity index (χ3n) is 5.36. The molecule has 0 atom stereocenters. The number of carbonyl (C=O) groups excluding carboxylic acids is 1. The number of nitrogens with zero attached hydrogens (tertiary/aromatic N) is 2. The molecule has 0 unspecified atom stereocenters. The summed E-state index contributed by atoms with van der Waals surface area (Å²) in [6, 6.07) is 7.01. The van der Waals surface area contributed by atoms with Gasteiger partial charge in [-0.2, -0.15) is 4.31 Å². The third kappa shape index (κ3) is 7.55. The number of piperazine rings is 1. The third-order valence-corrected chi connectivity index (χ3v) is 7.28. The Morgan fingerprint density at radius 1 is 1.03 bits per heavy atom. The number of rotatable bonds is 10. The van der Waals surface area contributed by atoms with Crippen molar-refractivity contribution in [3.63, 3.8) is 0 Å². The molecule has 29 heavy (non-hydrogen) atoms. The second kappa shape index (κ2) is 12.5. The van der Waals surface area contributed by atoms with E-state index in [-0.39, 0.29) is 24.2 Å². The van der Waals surface area contributed by atoms with Crippen molar-refractivity contribution >= 4 is 28.3 Å². The summed E-state index contributed by atoms with van der Waals surface area (Å²) >= 11 is 0. The lowest BCUT2D eigenvalue weighted by Gasteiger charge is -2.34. The number of benzene rings is 1. The van der Waals surface area contributed by atoms with Crippen molar-refractivity contribution in [2.24, 2.45) is 5.92 Å². The maximum atomic E-state index is 12.8. The molecule has 1 aliphatic heterocycles. The van der Waals surface area contributed by atoms with Crippen LogP contribution in [0.2, 0.25) is 0 Å². The first-order valence-corrected chi connectivity index (χ1v) is 11.9. The largest absolute Gasteiger partial charge is 0.355 e. The zero-order valence-corrected chi connectivity index (χ0v) is 19.5. The van der Waals surface area contributed by atoms with Crippen LogP contribution in [0.4, 0.5) is 0 Å². The molecule has 0 spiro atoms. The van der Waals surface area contributed by atoms with E-state index in [4.69, 9.17) is 0 Å². The summed E-state index contributed by atoms with van der Waals surface area (Å²) in [6.45, 7) is 9.89. The first-order chi connectivity index (χ1) is 13.4. The lowest BCUT2D eigenvalue weighted by Crippen LogP contribution is -2.50. The first-order valence-electron chi connectivity index (χ1n) is 10.4. The molecule has 1 amide bonds. The van der Waals surface area contributed by atoms with Gasteiger partial charge in [0.15, 0.2) is 0 Å². The molecule has 0 aliphatic carbocycles. The molecule has 1 heterocycles. The van der Waals surface area contributed by atoms with Crippen molar-refractivity contribution in [2.45, 2.75) is 51.3 Å². The van der Waals surface area contributed by atoms with E-state index in [9.17, 15) is 13.2 Å². The molecule has 1 aromatic carbocycles. The highest BCUT2D eigenvalue weighted by Crippen LogP contribution is 2.18. The van der Waals surface area contributed by atoms with E-state index in [0.29, 0.717) is 37.6 Å². The van der Waals surface area contributed by atoms with Crippen LogP contribution >= 0.6 is 12.4 Å². The highest BCUT2D eigenvalue weighted by molar-refractivity contribution is 7.89. The number of nitrogens with one attached hydrogen (secondary N) is 1. The molecule has 0 aromatic heterocycles. The van der Waals surface area contributed by atoms with Gasteiger partial charge >= 0.3 is 0 Å². The van der Waals surface area contributed by atoms with Crippen molar-refractivity contribution in [1.29, 1.82) is 0 Å². The fraction of sp³-hybridized carbons (Fsp3) is 0.667. The average Bonchev–Trinajstić information content (AvgIpc) is 2.68. The van der Waals surface area contributed by atoms with E-state index < -0.39 is 10.0 Å². The summed E-state index contributed by atoms with van der Waals surface area (Å²) in [7, 11) is -3.42. The average molecular weight is 446 g/mol. The maximum Gasteiger partial charge on any atom is 0.243 e. The van der Waals surface area contributed by atoms with Gasteiger partial charge in [0, 0.05) is 45.2 Å². The van der Waals surface area contributed by atoms with Gasteiger partial charge < -0.3 is 5.32 Å². The number of hydrogen-bond acceptors (Lipinski definition) is 4. The summed E-state index contributed by atoms with van der Waals surface area (Å²) in [5.41, 5.74) is 1.05. The topological polar surface area (TPSA) is 69.7 Å². The van der Waals surface area contributed by atoms with Crippen LogP contribution in [-0.4, -0.2) is 62.8 Å². The number of aryl methyl sites for hydroxylation is 1. The van der Waals surface area contributed by atoms with E-state index in [1.54, 1.807) is 16.4 Å². The predicted octanol–water partition coefficient (Wildman–Crippen LogP) is 3.06.